The Bertz CT molecular complexity index is 627. The maximum atomic E-state index is 12.1. The van der Waals surface area contributed by atoms with E-state index >= 15 is 0 Å². The van der Waals surface area contributed by atoms with Crippen molar-refractivity contribution in [3.05, 3.63) is 58.0 Å². The zero-order valence-corrected chi connectivity index (χ0v) is 14.0. The summed E-state index contributed by atoms with van der Waals surface area (Å²) in [6.45, 7) is 0.510. The minimum Gasteiger partial charge on any atom is -0.463 e. The van der Waals surface area contributed by atoms with Crippen LogP contribution in [-0.2, 0) is 11.2 Å². The van der Waals surface area contributed by atoms with E-state index in [1.165, 1.54) is 4.90 Å². The van der Waals surface area contributed by atoms with Gasteiger partial charge in [-0.25, -0.2) is 0 Å². The normalized spacial score (nSPS) is 12.4. The van der Waals surface area contributed by atoms with Crippen molar-refractivity contribution in [1.29, 1.82) is 0 Å². The largest absolute Gasteiger partial charge is 0.463 e. The van der Waals surface area contributed by atoms with Crippen LogP contribution in [0.5, 0.6) is 0 Å². The second-order valence-corrected chi connectivity index (χ2v) is 6.19. The summed E-state index contributed by atoms with van der Waals surface area (Å²) in [4.78, 5) is 13.3. The Labute approximate surface area is 140 Å². The number of likely N-dealkylation sites (N-methyl/N-ethyl adjacent to an activating group) is 1. The Morgan fingerprint density at radius 2 is 2.05 bits per heavy atom. The van der Waals surface area contributed by atoms with Crippen molar-refractivity contribution in [2.24, 2.45) is 0 Å². The van der Waals surface area contributed by atoms with Crippen LogP contribution < -0.4 is 10.2 Å². The summed E-state index contributed by atoms with van der Waals surface area (Å²) in [7, 11) is 4.05. The molecule has 4 nitrogen and oxygen atoms in total. The fourth-order valence-corrected chi connectivity index (χ4v) is 2.51. The number of benzene rings is 1. The summed E-state index contributed by atoms with van der Waals surface area (Å²) >= 11 is 11.8. The number of furan rings is 1. The molecule has 1 heterocycles. The molecule has 0 spiro atoms. The molecular weight excluding hydrogens is 323 g/mol. The molecule has 22 heavy (non-hydrogen) atoms. The van der Waals surface area contributed by atoms with E-state index < -0.39 is 0 Å². The second kappa shape index (κ2) is 7.68. The first-order valence-electron chi connectivity index (χ1n) is 7.01. The SMILES string of the molecule is C[NH+](C)[C@@H](CNC(=O)Cc1ccc(Cl)c(Cl)c1)c1ccco1. The van der Waals surface area contributed by atoms with Gasteiger partial charge < -0.3 is 14.6 Å². The molecule has 0 unspecified atom stereocenters. The summed E-state index contributed by atoms with van der Waals surface area (Å²) in [6, 6.07) is 9.06. The lowest BCUT2D eigenvalue weighted by atomic mass is 10.1. The predicted octanol–water partition coefficient (Wildman–Crippen LogP) is 2.13. The number of hydrogen-bond donors (Lipinski definition) is 2. The van der Waals surface area contributed by atoms with Crippen molar-refractivity contribution in [3.63, 3.8) is 0 Å². The van der Waals surface area contributed by atoms with Crippen molar-refractivity contribution >= 4 is 29.1 Å². The number of carbonyl (C=O) groups is 1. The number of halogens is 2. The number of carbonyl (C=O) groups excluding carboxylic acids is 1. The smallest absolute Gasteiger partial charge is 0.224 e. The monoisotopic (exact) mass is 341 g/mol. The summed E-state index contributed by atoms with van der Waals surface area (Å²) in [5.41, 5.74) is 0.832. The van der Waals surface area contributed by atoms with E-state index in [0.29, 0.717) is 16.6 Å². The maximum Gasteiger partial charge on any atom is 0.224 e. The molecule has 2 aromatic rings. The fraction of sp³-hybridized carbons (Fsp3) is 0.312. The van der Waals surface area contributed by atoms with Gasteiger partial charge >= 0.3 is 0 Å². The Morgan fingerprint density at radius 3 is 2.64 bits per heavy atom. The Morgan fingerprint density at radius 1 is 1.27 bits per heavy atom. The molecule has 118 valence electrons. The number of quaternary nitrogens is 1. The Balaban J connectivity index is 1.92. The van der Waals surface area contributed by atoms with Crippen LogP contribution in [0, 0.1) is 0 Å². The average molecular weight is 342 g/mol. The molecule has 0 radical (unpaired) electrons. The Hall–Kier alpha value is -1.49. The fourth-order valence-electron chi connectivity index (χ4n) is 2.19. The van der Waals surface area contributed by atoms with Crippen molar-refractivity contribution in [1.82, 2.24) is 5.32 Å². The van der Waals surface area contributed by atoms with Crippen LogP contribution in [0.15, 0.2) is 41.0 Å². The van der Waals surface area contributed by atoms with Gasteiger partial charge in [0.1, 0.15) is 0 Å². The first kappa shape index (κ1) is 16.9. The van der Waals surface area contributed by atoms with E-state index in [4.69, 9.17) is 27.6 Å². The van der Waals surface area contributed by atoms with Crippen molar-refractivity contribution in [3.8, 4) is 0 Å². The third-order valence-electron chi connectivity index (χ3n) is 3.44. The lowest BCUT2D eigenvalue weighted by Gasteiger charge is -2.19. The van der Waals surface area contributed by atoms with Gasteiger partial charge in [0.15, 0.2) is 11.8 Å². The van der Waals surface area contributed by atoms with Gasteiger partial charge in [0.2, 0.25) is 5.91 Å². The standard InChI is InChI=1S/C16H18Cl2N2O2/c1-20(2)14(15-4-3-7-22-15)10-19-16(21)9-11-5-6-12(17)13(18)8-11/h3-8,14H,9-10H2,1-2H3,(H,19,21)/p+1/t14-/m0/s1. The average Bonchev–Trinajstić information content (AvgIpc) is 2.97. The highest BCUT2D eigenvalue weighted by atomic mass is 35.5. The van der Waals surface area contributed by atoms with Gasteiger partial charge in [-0.15, -0.1) is 0 Å². The molecule has 0 fully saturated rings. The topological polar surface area (TPSA) is 46.7 Å². The van der Waals surface area contributed by atoms with Gasteiger partial charge in [0.05, 0.1) is 43.4 Å². The maximum absolute atomic E-state index is 12.1. The summed E-state index contributed by atoms with van der Waals surface area (Å²) in [6.07, 6.45) is 1.91. The first-order chi connectivity index (χ1) is 10.5. The van der Waals surface area contributed by atoms with E-state index in [-0.39, 0.29) is 18.4 Å². The van der Waals surface area contributed by atoms with Crippen LogP contribution >= 0.6 is 23.2 Å². The van der Waals surface area contributed by atoms with Gasteiger partial charge in [-0.2, -0.15) is 0 Å². The van der Waals surface area contributed by atoms with Crippen LogP contribution in [0.25, 0.3) is 0 Å². The zero-order chi connectivity index (χ0) is 16.1. The highest BCUT2D eigenvalue weighted by Crippen LogP contribution is 2.22. The van der Waals surface area contributed by atoms with Crippen molar-refractivity contribution < 1.29 is 14.1 Å². The first-order valence-corrected chi connectivity index (χ1v) is 7.77. The van der Waals surface area contributed by atoms with E-state index in [2.05, 4.69) is 5.32 Å². The number of rotatable bonds is 6. The summed E-state index contributed by atoms with van der Waals surface area (Å²) in [5.74, 6) is 0.797. The molecule has 0 saturated carbocycles. The lowest BCUT2D eigenvalue weighted by molar-refractivity contribution is -0.891. The van der Waals surface area contributed by atoms with Crippen LogP contribution in [0.1, 0.15) is 17.4 Å². The van der Waals surface area contributed by atoms with Gasteiger partial charge in [-0.05, 0) is 29.8 Å². The molecular formula is C16H19Cl2N2O2+. The van der Waals surface area contributed by atoms with Gasteiger partial charge in [0.25, 0.3) is 0 Å². The molecule has 2 rings (SSSR count). The molecule has 0 saturated heterocycles. The summed E-state index contributed by atoms with van der Waals surface area (Å²) < 4.78 is 5.43. The zero-order valence-electron chi connectivity index (χ0n) is 12.5. The minimum atomic E-state index is -0.0591. The van der Waals surface area contributed by atoms with Crippen molar-refractivity contribution in [2.45, 2.75) is 12.5 Å². The molecule has 1 amide bonds. The third-order valence-corrected chi connectivity index (χ3v) is 4.17. The number of amides is 1. The lowest BCUT2D eigenvalue weighted by Crippen LogP contribution is -3.07. The molecule has 6 heteroatoms. The van der Waals surface area contributed by atoms with Gasteiger partial charge in [-0.1, -0.05) is 29.3 Å². The number of hydrogen-bond acceptors (Lipinski definition) is 2. The minimum absolute atomic E-state index is 0.0591. The van der Waals surface area contributed by atoms with Crippen LogP contribution in [0.2, 0.25) is 10.0 Å². The van der Waals surface area contributed by atoms with Crippen LogP contribution in [-0.4, -0.2) is 26.5 Å². The van der Waals surface area contributed by atoms with E-state index in [1.54, 1.807) is 24.5 Å². The highest BCUT2D eigenvalue weighted by Gasteiger charge is 2.21. The molecule has 1 atom stereocenters. The van der Waals surface area contributed by atoms with E-state index in [0.717, 1.165) is 11.3 Å². The summed E-state index contributed by atoms with van der Waals surface area (Å²) in [5, 5.41) is 3.88. The van der Waals surface area contributed by atoms with Crippen LogP contribution in [0.3, 0.4) is 0 Å². The molecule has 0 bridgehead atoms. The van der Waals surface area contributed by atoms with Gasteiger partial charge in [0, 0.05) is 0 Å². The van der Waals surface area contributed by atoms with E-state index in [1.807, 2.05) is 26.2 Å². The quantitative estimate of drug-likeness (QED) is 0.845. The molecule has 0 aliphatic heterocycles. The molecule has 1 aromatic carbocycles. The molecule has 0 aliphatic rings. The number of nitrogens with one attached hydrogen (secondary N) is 2. The molecule has 2 N–H and O–H groups in total. The van der Waals surface area contributed by atoms with Gasteiger partial charge in [-0.3, -0.25) is 4.79 Å². The van der Waals surface area contributed by atoms with Crippen molar-refractivity contribution in [2.75, 3.05) is 20.6 Å². The molecule has 1 aromatic heterocycles. The second-order valence-electron chi connectivity index (χ2n) is 5.37. The highest BCUT2D eigenvalue weighted by molar-refractivity contribution is 6.42. The Kier molecular flexibility index (Phi) is 5.89. The predicted molar refractivity (Wildman–Crippen MR) is 87.4 cm³/mol. The van der Waals surface area contributed by atoms with E-state index in [9.17, 15) is 4.79 Å². The third kappa shape index (κ3) is 4.50. The van der Waals surface area contributed by atoms with Crippen LogP contribution in [0.4, 0.5) is 0 Å². The molecule has 0 aliphatic carbocycles.